The molecule has 3 fully saturated rings. The van der Waals surface area contributed by atoms with Crippen LogP contribution in [0.3, 0.4) is 0 Å². The highest BCUT2D eigenvalue weighted by molar-refractivity contribution is 5.98. The van der Waals surface area contributed by atoms with E-state index in [-0.39, 0.29) is 43.8 Å². The molecule has 0 bridgehead atoms. The number of aryl methyl sites for hydroxylation is 1. The molecular formula is C42H54F2N6O9. The first kappa shape index (κ1) is 44.6. The van der Waals surface area contributed by atoms with Crippen molar-refractivity contribution < 1.29 is 52.2 Å². The molecule has 5 rings (SSSR count). The van der Waals surface area contributed by atoms with E-state index in [4.69, 9.17) is 4.74 Å². The third kappa shape index (κ3) is 10.6. The van der Waals surface area contributed by atoms with E-state index in [9.17, 15) is 47.4 Å². The number of halogens is 2. The molecule has 3 heterocycles. The number of hydrogen-bond acceptors (Lipinski definition) is 9. The van der Waals surface area contributed by atoms with Crippen molar-refractivity contribution in [3.8, 4) is 0 Å². The fraction of sp³-hybridized carbons (Fsp3) is 0.548. The average molecular weight is 825 g/mol. The van der Waals surface area contributed by atoms with E-state index in [0.29, 0.717) is 18.1 Å². The maximum atomic E-state index is 14.6. The summed E-state index contributed by atoms with van der Waals surface area (Å²) in [6.07, 6.45) is -1.86. The maximum absolute atomic E-state index is 14.6. The lowest BCUT2D eigenvalue weighted by atomic mass is 10.0. The third-order valence-corrected chi connectivity index (χ3v) is 11.3. The lowest BCUT2D eigenvalue weighted by molar-refractivity contribution is -0.163. The molecule has 3 saturated heterocycles. The van der Waals surface area contributed by atoms with Gasteiger partial charge in [-0.3, -0.25) is 28.8 Å². The lowest BCUT2D eigenvalue weighted by Crippen LogP contribution is -2.63. The number of rotatable bonds is 9. The van der Waals surface area contributed by atoms with Gasteiger partial charge >= 0.3 is 5.97 Å². The van der Waals surface area contributed by atoms with Crippen molar-refractivity contribution >= 4 is 41.4 Å². The summed E-state index contributed by atoms with van der Waals surface area (Å²) < 4.78 is 34.5. The minimum Gasteiger partial charge on any atom is -0.458 e. The van der Waals surface area contributed by atoms with Gasteiger partial charge < -0.3 is 40.5 Å². The molecule has 2 aromatic carbocycles. The number of fused-ring (bicyclic) bond motifs is 2. The number of hydrogen-bond donors (Lipinski definition) is 4. The van der Waals surface area contributed by atoms with Crippen LogP contribution in [0.2, 0.25) is 0 Å². The van der Waals surface area contributed by atoms with Crippen LogP contribution in [0.25, 0.3) is 0 Å². The highest BCUT2D eigenvalue weighted by Gasteiger charge is 2.47. The van der Waals surface area contributed by atoms with Crippen LogP contribution in [-0.4, -0.2) is 130 Å². The largest absolute Gasteiger partial charge is 0.458 e. The Bertz CT molecular complexity index is 1910. The average Bonchev–Trinajstić information content (AvgIpc) is 3.82. The summed E-state index contributed by atoms with van der Waals surface area (Å²) in [5.41, 5.74) is 1.71. The Kier molecular flexibility index (Phi) is 14.4. The Labute approximate surface area is 342 Å². The zero-order valence-corrected chi connectivity index (χ0v) is 34.2. The summed E-state index contributed by atoms with van der Waals surface area (Å²) in [5, 5.41) is 18.5. The van der Waals surface area contributed by atoms with E-state index in [0.717, 1.165) is 29.0 Å². The molecule has 0 aromatic heterocycles. The Morgan fingerprint density at radius 3 is 2.19 bits per heavy atom. The summed E-state index contributed by atoms with van der Waals surface area (Å²) in [5.74, 6) is -7.38. The fourth-order valence-electron chi connectivity index (χ4n) is 8.14. The van der Waals surface area contributed by atoms with Gasteiger partial charge in [0.15, 0.2) is 0 Å². The summed E-state index contributed by atoms with van der Waals surface area (Å²) in [6, 6.07) is 1.88. The number of esters is 1. The molecule has 6 amide bonds. The molecule has 2 aromatic rings. The van der Waals surface area contributed by atoms with Crippen LogP contribution in [0.5, 0.6) is 0 Å². The molecule has 9 atom stereocenters. The Hall–Kier alpha value is -5.45. The second-order valence-electron chi connectivity index (χ2n) is 16.0. The van der Waals surface area contributed by atoms with Crippen molar-refractivity contribution in [3.63, 3.8) is 0 Å². The quantitative estimate of drug-likeness (QED) is 0.269. The minimum absolute atomic E-state index is 0.0262. The Balaban J connectivity index is 1.51. The predicted octanol–water partition coefficient (Wildman–Crippen LogP) is 1.17. The number of nitrogens with zero attached hydrogens (tertiary/aromatic N) is 3. The number of amides is 6. The monoisotopic (exact) mass is 824 g/mol. The topological polar surface area (TPSA) is 195 Å². The van der Waals surface area contributed by atoms with Crippen molar-refractivity contribution in [2.75, 3.05) is 20.1 Å². The molecule has 0 radical (unpaired) electrons. The number of benzene rings is 2. The number of nitrogens with one attached hydrogen (secondary N) is 3. The fourth-order valence-corrected chi connectivity index (χ4v) is 8.14. The van der Waals surface area contributed by atoms with Crippen molar-refractivity contribution in [2.24, 2.45) is 5.92 Å². The van der Waals surface area contributed by atoms with Crippen molar-refractivity contribution in [1.82, 2.24) is 30.7 Å². The predicted molar refractivity (Wildman–Crippen MR) is 209 cm³/mol. The van der Waals surface area contributed by atoms with Crippen LogP contribution in [0.4, 0.5) is 8.78 Å². The Morgan fingerprint density at radius 1 is 0.915 bits per heavy atom. The highest BCUT2D eigenvalue weighted by Crippen LogP contribution is 2.27. The van der Waals surface area contributed by atoms with Gasteiger partial charge in [0.05, 0.1) is 12.5 Å². The maximum Gasteiger partial charge on any atom is 0.329 e. The van der Waals surface area contributed by atoms with Crippen molar-refractivity contribution in [2.45, 2.75) is 122 Å². The number of cyclic esters (lactones) is 1. The zero-order valence-electron chi connectivity index (χ0n) is 34.2. The molecule has 3 aliphatic rings. The smallest absolute Gasteiger partial charge is 0.329 e. The lowest BCUT2D eigenvalue weighted by Gasteiger charge is -2.37. The number of aliphatic hydroxyl groups is 1. The first-order valence-electron chi connectivity index (χ1n) is 20.1. The van der Waals surface area contributed by atoms with Crippen molar-refractivity contribution in [3.05, 3.63) is 70.8 Å². The number of carbonyl (C=O) groups excluding carboxylic acids is 7. The van der Waals surface area contributed by atoms with E-state index >= 15 is 0 Å². The van der Waals surface area contributed by atoms with Gasteiger partial charge in [-0.25, -0.2) is 13.6 Å². The molecule has 17 heteroatoms. The molecule has 0 saturated carbocycles. The number of aliphatic hydroxyl groups excluding tert-OH is 1. The van der Waals surface area contributed by atoms with Gasteiger partial charge in [0.1, 0.15) is 54.0 Å². The van der Waals surface area contributed by atoms with E-state index in [1.54, 1.807) is 12.1 Å². The van der Waals surface area contributed by atoms with Gasteiger partial charge in [-0.05, 0) is 81.2 Å². The van der Waals surface area contributed by atoms with Crippen LogP contribution in [0.1, 0.15) is 70.6 Å². The van der Waals surface area contributed by atoms with Crippen molar-refractivity contribution in [1.29, 1.82) is 0 Å². The van der Waals surface area contributed by atoms with Crippen LogP contribution in [0, 0.1) is 17.6 Å². The second kappa shape index (κ2) is 19.1. The molecule has 15 nitrogen and oxygen atoms in total. The van der Waals surface area contributed by atoms with Gasteiger partial charge in [-0.1, -0.05) is 38.1 Å². The van der Waals surface area contributed by atoms with Crippen LogP contribution >= 0.6 is 0 Å². The molecular weight excluding hydrogens is 770 g/mol. The zero-order chi connectivity index (χ0) is 43.3. The van der Waals surface area contributed by atoms with Gasteiger partial charge in [0.25, 0.3) is 0 Å². The molecule has 2 unspecified atom stereocenters. The van der Waals surface area contributed by atoms with E-state index in [1.165, 1.54) is 37.6 Å². The second-order valence-corrected chi connectivity index (χ2v) is 16.0. The first-order valence-corrected chi connectivity index (χ1v) is 20.1. The molecule has 3 aliphatic heterocycles. The summed E-state index contributed by atoms with van der Waals surface area (Å²) in [6.45, 7) is 8.11. The number of carbonyl (C=O) groups is 7. The van der Waals surface area contributed by atoms with Crippen LogP contribution in [-0.2, 0) is 57.6 Å². The van der Waals surface area contributed by atoms with Gasteiger partial charge in [0.2, 0.25) is 35.4 Å². The van der Waals surface area contributed by atoms with Crippen LogP contribution in [0.15, 0.2) is 42.5 Å². The summed E-state index contributed by atoms with van der Waals surface area (Å²) >= 11 is 0. The molecule has 0 aliphatic carbocycles. The molecule has 0 spiro atoms. The van der Waals surface area contributed by atoms with Gasteiger partial charge in [-0.15, -0.1) is 0 Å². The van der Waals surface area contributed by atoms with Crippen LogP contribution < -0.4 is 16.0 Å². The minimum atomic E-state index is -1.67. The van der Waals surface area contributed by atoms with E-state index < -0.39 is 108 Å². The standard InChI is InChI=1S/C42H54F2N6O9/c1-7-26-10-12-27(13-11-26)19-34(52)46-31(18-28-16-29(43)20-30(44)17-28)37(53)47-35-25(5)59-42(58)33-15-22(2)21-50(33)39(55)23(3)45-38(54)36(24(4)51)48(6)40(56)32-9-8-14-49(32)41(35)57/h10-13,16-17,20,22-25,31-33,35-36,51H,7-9,14-15,18-19,21H2,1-6H3,(H,45,54)(H,46,52)(H,47,53)/t22-,23+,24+,25+,31+,32?,33?,35+,36+/m1/s1. The molecule has 4 N–H and O–H groups in total. The van der Waals surface area contributed by atoms with E-state index in [1.807, 2.05) is 26.0 Å². The van der Waals surface area contributed by atoms with E-state index in [2.05, 4.69) is 16.0 Å². The number of likely N-dealkylation sites (N-methyl/N-ethyl adjacent to an activating group) is 1. The summed E-state index contributed by atoms with van der Waals surface area (Å²) in [7, 11) is 1.30. The first-order chi connectivity index (χ1) is 27.9. The molecule has 59 heavy (non-hydrogen) atoms. The highest BCUT2D eigenvalue weighted by atomic mass is 19.1. The Morgan fingerprint density at radius 2 is 1.56 bits per heavy atom. The number of ether oxygens (including phenoxy) is 1. The normalized spacial score (nSPS) is 26.8. The SMILES string of the molecule is CCc1ccc(CC(=O)N[C@@H](Cc2cc(F)cc(F)c2)C(=O)N[C@@H]2C(=O)N3CCCC3C(=O)N(C)[C@@H]([C@H](C)O)C(=O)N[C@@H](C)C(=O)N3C[C@H](C)CC3C(=O)O[C@H]2C)cc1. The molecule has 320 valence electrons. The van der Waals surface area contributed by atoms with Gasteiger partial charge in [-0.2, -0.15) is 0 Å². The third-order valence-electron chi connectivity index (χ3n) is 11.3. The summed E-state index contributed by atoms with van der Waals surface area (Å²) in [4.78, 5) is 101. The van der Waals surface area contributed by atoms with Gasteiger partial charge in [0, 0.05) is 32.6 Å².